The molecule has 118 valence electrons. The standard InChI is InChI=1S/C19H24O3/c1-19-7-6-15-14-3-2-13(21)9-11(14)8-12(10-20)18(15)16(19)4-5-17(19)22/h2-3,9-10,12,15-18,21-22H,4-8H2,1H3/t12-,15+,16-,17-,18+,19-/m0/s1. The van der Waals surface area contributed by atoms with Crippen molar-refractivity contribution in [3.05, 3.63) is 29.3 Å². The van der Waals surface area contributed by atoms with E-state index in [1.165, 1.54) is 5.56 Å². The number of carbonyl (C=O) groups excluding carboxylic acids is 1. The van der Waals surface area contributed by atoms with Crippen molar-refractivity contribution in [2.24, 2.45) is 23.2 Å². The van der Waals surface area contributed by atoms with Crippen LogP contribution < -0.4 is 0 Å². The van der Waals surface area contributed by atoms with Gasteiger partial charge < -0.3 is 15.0 Å². The Morgan fingerprint density at radius 3 is 2.86 bits per heavy atom. The Kier molecular flexibility index (Phi) is 3.12. The van der Waals surface area contributed by atoms with E-state index in [1.807, 2.05) is 6.07 Å². The topological polar surface area (TPSA) is 57.5 Å². The molecule has 0 spiro atoms. The van der Waals surface area contributed by atoms with Gasteiger partial charge in [0.15, 0.2) is 0 Å². The monoisotopic (exact) mass is 300 g/mol. The van der Waals surface area contributed by atoms with Gasteiger partial charge in [-0.25, -0.2) is 0 Å². The van der Waals surface area contributed by atoms with E-state index >= 15 is 0 Å². The van der Waals surface area contributed by atoms with E-state index in [9.17, 15) is 15.0 Å². The number of carbonyl (C=O) groups is 1. The number of aliphatic hydroxyl groups is 1. The van der Waals surface area contributed by atoms with E-state index in [1.54, 1.807) is 6.07 Å². The highest BCUT2D eigenvalue weighted by Gasteiger charge is 2.56. The molecule has 0 bridgehead atoms. The van der Waals surface area contributed by atoms with Crippen LogP contribution in [0, 0.1) is 23.2 Å². The number of phenolic OH excluding ortho intramolecular Hbond substituents is 1. The summed E-state index contributed by atoms with van der Waals surface area (Å²) in [6, 6.07) is 5.66. The molecule has 1 aromatic rings. The lowest BCUT2D eigenvalue weighted by molar-refractivity contribution is -0.117. The molecule has 2 fully saturated rings. The third-order valence-corrected chi connectivity index (χ3v) is 6.93. The van der Waals surface area contributed by atoms with E-state index < -0.39 is 0 Å². The maximum atomic E-state index is 11.8. The van der Waals surface area contributed by atoms with Crippen LogP contribution in [0.3, 0.4) is 0 Å². The average molecular weight is 300 g/mol. The maximum Gasteiger partial charge on any atom is 0.123 e. The lowest BCUT2D eigenvalue weighted by Crippen LogP contribution is -2.47. The highest BCUT2D eigenvalue weighted by Crippen LogP contribution is 2.61. The second-order valence-electron chi connectivity index (χ2n) is 7.82. The summed E-state index contributed by atoms with van der Waals surface area (Å²) in [6.07, 6.45) is 5.63. The Bertz CT molecular complexity index is 611. The molecule has 0 saturated heterocycles. The van der Waals surface area contributed by atoms with Gasteiger partial charge in [-0.3, -0.25) is 0 Å². The molecule has 3 heteroatoms. The lowest BCUT2D eigenvalue weighted by Gasteiger charge is -2.52. The SMILES string of the molecule is C[C@]12CC[C@@H]3c4ccc(O)cc4C[C@@H](C=O)[C@H]3[C@@H]1CC[C@@H]2O. The molecule has 0 amide bonds. The van der Waals surface area contributed by atoms with Crippen molar-refractivity contribution in [2.75, 3.05) is 0 Å². The molecule has 3 aliphatic carbocycles. The van der Waals surface area contributed by atoms with Crippen LogP contribution >= 0.6 is 0 Å². The number of rotatable bonds is 1. The van der Waals surface area contributed by atoms with E-state index in [2.05, 4.69) is 13.0 Å². The van der Waals surface area contributed by atoms with Crippen LogP contribution in [-0.4, -0.2) is 22.6 Å². The average Bonchev–Trinajstić information content (AvgIpc) is 2.81. The van der Waals surface area contributed by atoms with Gasteiger partial charge in [-0.1, -0.05) is 13.0 Å². The summed E-state index contributed by atoms with van der Waals surface area (Å²) in [6.45, 7) is 2.22. The zero-order chi connectivity index (χ0) is 15.5. The molecule has 2 N–H and O–H groups in total. The number of aldehydes is 1. The van der Waals surface area contributed by atoms with Crippen molar-refractivity contribution < 1.29 is 15.0 Å². The van der Waals surface area contributed by atoms with Crippen molar-refractivity contribution >= 4 is 6.29 Å². The van der Waals surface area contributed by atoms with Crippen LogP contribution in [0.15, 0.2) is 18.2 Å². The summed E-state index contributed by atoms with van der Waals surface area (Å²) in [5.41, 5.74) is 2.45. The first-order valence-electron chi connectivity index (χ1n) is 8.50. The van der Waals surface area contributed by atoms with Gasteiger partial charge in [0.25, 0.3) is 0 Å². The highest BCUT2D eigenvalue weighted by atomic mass is 16.3. The summed E-state index contributed by atoms with van der Waals surface area (Å²) in [5.74, 6) is 1.51. The molecule has 6 atom stereocenters. The van der Waals surface area contributed by atoms with Gasteiger partial charge in [0.2, 0.25) is 0 Å². The van der Waals surface area contributed by atoms with Crippen molar-refractivity contribution in [3.63, 3.8) is 0 Å². The molecular weight excluding hydrogens is 276 g/mol. The quantitative estimate of drug-likeness (QED) is 0.784. The van der Waals surface area contributed by atoms with E-state index in [0.717, 1.165) is 44.0 Å². The minimum Gasteiger partial charge on any atom is -0.508 e. The molecule has 1 aromatic carbocycles. The van der Waals surface area contributed by atoms with E-state index in [-0.39, 0.29) is 17.4 Å². The Labute approximate surface area is 131 Å². The fraction of sp³-hybridized carbons (Fsp3) is 0.632. The number of aliphatic hydroxyl groups excluding tert-OH is 1. The van der Waals surface area contributed by atoms with Crippen molar-refractivity contribution in [1.29, 1.82) is 0 Å². The number of hydrogen-bond acceptors (Lipinski definition) is 3. The first kappa shape index (κ1) is 14.3. The second kappa shape index (κ2) is 4.82. The van der Waals surface area contributed by atoms with Crippen LogP contribution in [0.25, 0.3) is 0 Å². The van der Waals surface area contributed by atoms with Crippen LogP contribution in [0.2, 0.25) is 0 Å². The first-order valence-corrected chi connectivity index (χ1v) is 8.50. The van der Waals surface area contributed by atoms with Gasteiger partial charge in [0.1, 0.15) is 12.0 Å². The number of hydrogen-bond donors (Lipinski definition) is 2. The summed E-state index contributed by atoms with van der Waals surface area (Å²) in [7, 11) is 0. The van der Waals surface area contributed by atoms with E-state index in [0.29, 0.717) is 23.5 Å². The smallest absolute Gasteiger partial charge is 0.123 e. The number of aromatic hydroxyl groups is 1. The van der Waals surface area contributed by atoms with Crippen LogP contribution in [0.4, 0.5) is 0 Å². The van der Waals surface area contributed by atoms with Gasteiger partial charge in [0, 0.05) is 5.92 Å². The summed E-state index contributed by atoms with van der Waals surface area (Å²) >= 11 is 0. The predicted octanol–water partition coefficient (Wildman–Crippen LogP) is 3.03. The van der Waals surface area contributed by atoms with Crippen LogP contribution in [-0.2, 0) is 11.2 Å². The third kappa shape index (κ3) is 1.81. The fourth-order valence-corrected chi connectivity index (χ4v) is 5.79. The van der Waals surface area contributed by atoms with Crippen molar-refractivity contribution in [1.82, 2.24) is 0 Å². The molecule has 0 radical (unpaired) electrons. The normalized spacial score (nSPS) is 43.1. The zero-order valence-corrected chi connectivity index (χ0v) is 13.0. The summed E-state index contributed by atoms with van der Waals surface area (Å²) in [5, 5.41) is 20.2. The van der Waals surface area contributed by atoms with Gasteiger partial charge in [0.05, 0.1) is 6.10 Å². The highest BCUT2D eigenvalue weighted by molar-refractivity contribution is 5.58. The van der Waals surface area contributed by atoms with Gasteiger partial charge >= 0.3 is 0 Å². The molecule has 22 heavy (non-hydrogen) atoms. The minimum atomic E-state index is -0.216. The molecule has 2 saturated carbocycles. The van der Waals surface area contributed by atoms with Gasteiger partial charge in [-0.15, -0.1) is 0 Å². The van der Waals surface area contributed by atoms with E-state index in [4.69, 9.17) is 0 Å². The Morgan fingerprint density at radius 2 is 2.09 bits per heavy atom. The minimum absolute atomic E-state index is 0.0170. The molecular formula is C19H24O3. The predicted molar refractivity (Wildman–Crippen MR) is 83.7 cm³/mol. The molecule has 0 aromatic heterocycles. The molecule has 3 aliphatic rings. The van der Waals surface area contributed by atoms with Gasteiger partial charge in [-0.05, 0) is 78.5 Å². The first-order chi connectivity index (χ1) is 10.5. The molecule has 0 heterocycles. The Hall–Kier alpha value is -1.35. The Balaban J connectivity index is 1.79. The van der Waals surface area contributed by atoms with Crippen molar-refractivity contribution in [3.8, 4) is 5.75 Å². The molecule has 4 rings (SSSR count). The summed E-state index contributed by atoms with van der Waals surface area (Å²) in [4.78, 5) is 11.8. The number of benzene rings is 1. The third-order valence-electron chi connectivity index (χ3n) is 6.93. The number of fused-ring (bicyclic) bond motifs is 5. The molecule has 0 unspecified atom stereocenters. The van der Waals surface area contributed by atoms with Crippen LogP contribution in [0.5, 0.6) is 5.75 Å². The second-order valence-corrected chi connectivity index (χ2v) is 7.82. The van der Waals surface area contributed by atoms with Crippen LogP contribution in [0.1, 0.15) is 49.7 Å². The lowest BCUT2D eigenvalue weighted by atomic mass is 9.53. The van der Waals surface area contributed by atoms with Crippen molar-refractivity contribution in [2.45, 2.75) is 51.0 Å². The summed E-state index contributed by atoms with van der Waals surface area (Å²) < 4.78 is 0. The number of phenols is 1. The largest absolute Gasteiger partial charge is 0.508 e. The maximum absolute atomic E-state index is 11.8. The Morgan fingerprint density at radius 1 is 1.27 bits per heavy atom. The van der Waals surface area contributed by atoms with Gasteiger partial charge in [-0.2, -0.15) is 0 Å². The molecule has 3 nitrogen and oxygen atoms in total. The molecule has 0 aliphatic heterocycles. The zero-order valence-electron chi connectivity index (χ0n) is 13.0. The fourth-order valence-electron chi connectivity index (χ4n) is 5.79.